The molecule has 1 N–H and O–H groups in total. The average molecular weight is 386 g/mol. The van der Waals surface area contributed by atoms with Crippen molar-refractivity contribution in [1.82, 2.24) is 4.90 Å². The molecule has 0 unspecified atom stereocenters. The summed E-state index contributed by atoms with van der Waals surface area (Å²) >= 11 is 3.34. The lowest BCUT2D eigenvalue weighted by molar-refractivity contribution is -0.142. The van der Waals surface area contributed by atoms with Crippen LogP contribution in [0.4, 0.5) is 4.79 Å². The molecule has 1 saturated heterocycles. The minimum absolute atomic E-state index is 0.182. The Kier molecular flexibility index (Phi) is 5.19. The topological polar surface area (TPSA) is 76.1 Å². The smallest absolute Gasteiger partial charge is 0.411 e. The number of benzene rings is 1. The normalized spacial score (nSPS) is 21.1. The molecule has 23 heavy (non-hydrogen) atoms. The lowest BCUT2D eigenvalue weighted by Crippen LogP contribution is -2.43. The maximum absolute atomic E-state index is 12.2. The van der Waals surface area contributed by atoms with Crippen LogP contribution in [0.1, 0.15) is 27.2 Å². The zero-order valence-electron chi connectivity index (χ0n) is 13.3. The van der Waals surface area contributed by atoms with Gasteiger partial charge in [-0.25, -0.2) is 9.59 Å². The molecule has 2 rings (SSSR count). The van der Waals surface area contributed by atoms with Crippen molar-refractivity contribution in [1.29, 1.82) is 0 Å². The van der Waals surface area contributed by atoms with Gasteiger partial charge in [-0.1, -0.05) is 15.9 Å². The van der Waals surface area contributed by atoms with Crippen LogP contribution in [-0.4, -0.2) is 46.4 Å². The molecule has 1 amide bonds. The van der Waals surface area contributed by atoms with Crippen molar-refractivity contribution in [2.24, 2.45) is 0 Å². The van der Waals surface area contributed by atoms with Crippen molar-refractivity contribution in [3.63, 3.8) is 0 Å². The summed E-state index contributed by atoms with van der Waals surface area (Å²) in [6, 6.07) is 6.31. The quantitative estimate of drug-likeness (QED) is 0.863. The van der Waals surface area contributed by atoms with Crippen LogP contribution in [0.25, 0.3) is 0 Å². The molecular weight excluding hydrogens is 366 g/mol. The highest BCUT2D eigenvalue weighted by atomic mass is 79.9. The first-order chi connectivity index (χ1) is 10.7. The van der Waals surface area contributed by atoms with E-state index in [1.807, 2.05) is 12.1 Å². The van der Waals surface area contributed by atoms with Gasteiger partial charge >= 0.3 is 12.1 Å². The first-order valence-corrected chi connectivity index (χ1v) is 8.09. The van der Waals surface area contributed by atoms with Crippen LogP contribution in [0.3, 0.4) is 0 Å². The van der Waals surface area contributed by atoms with Crippen LogP contribution in [-0.2, 0) is 9.53 Å². The monoisotopic (exact) mass is 385 g/mol. The molecular formula is C16H20BrNO5. The van der Waals surface area contributed by atoms with Crippen LogP contribution < -0.4 is 4.74 Å². The van der Waals surface area contributed by atoms with Crippen LogP contribution in [0, 0.1) is 0 Å². The van der Waals surface area contributed by atoms with Crippen LogP contribution in [0.2, 0.25) is 0 Å². The predicted octanol–water partition coefficient (Wildman–Crippen LogP) is 3.29. The number of aliphatic carboxylic acids is 1. The van der Waals surface area contributed by atoms with Gasteiger partial charge in [0.2, 0.25) is 0 Å². The molecule has 0 spiro atoms. The summed E-state index contributed by atoms with van der Waals surface area (Å²) in [5.74, 6) is -0.425. The highest BCUT2D eigenvalue weighted by Crippen LogP contribution is 2.26. The van der Waals surface area contributed by atoms with Gasteiger partial charge in [0.1, 0.15) is 23.5 Å². The Morgan fingerprint density at radius 1 is 1.26 bits per heavy atom. The van der Waals surface area contributed by atoms with E-state index in [2.05, 4.69) is 15.9 Å². The van der Waals surface area contributed by atoms with E-state index >= 15 is 0 Å². The number of hydrogen-bond donors (Lipinski definition) is 1. The zero-order valence-corrected chi connectivity index (χ0v) is 14.9. The van der Waals surface area contributed by atoms with Gasteiger partial charge in [0.15, 0.2) is 0 Å². The highest BCUT2D eigenvalue weighted by molar-refractivity contribution is 9.10. The molecule has 0 saturated carbocycles. The van der Waals surface area contributed by atoms with Crippen molar-refractivity contribution in [3.8, 4) is 5.75 Å². The van der Waals surface area contributed by atoms with E-state index in [1.54, 1.807) is 32.9 Å². The summed E-state index contributed by atoms with van der Waals surface area (Å²) in [7, 11) is 0. The lowest BCUT2D eigenvalue weighted by Gasteiger charge is -2.26. The molecule has 2 atom stereocenters. The van der Waals surface area contributed by atoms with Gasteiger partial charge < -0.3 is 14.6 Å². The second kappa shape index (κ2) is 6.78. The minimum Gasteiger partial charge on any atom is -0.488 e. The summed E-state index contributed by atoms with van der Waals surface area (Å²) in [5.41, 5.74) is -0.676. The predicted molar refractivity (Wildman–Crippen MR) is 87.5 cm³/mol. The summed E-state index contributed by atoms with van der Waals surface area (Å²) in [6.45, 7) is 5.41. The highest BCUT2D eigenvalue weighted by Gasteiger charge is 2.42. The Morgan fingerprint density at radius 3 is 2.39 bits per heavy atom. The van der Waals surface area contributed by atoms with Gasteiger partial charge in [0, 0.05) is 10.9 Å². The Bertz CT molecular complexity index is 581. The molecule has 7 heteroatoms. The summed E-state index contributed by atoms with van der Waals surface area (Å²) in [4.78, 5) is 24.8. The number of carbonyl (C=O) groups excluding carboxylic acids is 1. The average Bonchev–Trinajstić information content (AvgIpc) is 2.84. The van der Waals surface area contributed by atoms with Crippen molar-refractivity contribution in [3.05, 3.63) is 28.7 Å². The molecule has 0 radical (unpaired) electrons. The van der Waals surface area contributed by atoms with Crippen molar-refractivity contribution < 1.29 is 24.2 Å². The molecule has 126 valence electrons. The fourth-order valence-corrected chi connectivity index (χ4v) is 2.61. The fraction of sp³-hybridized carbons (Fsp3) is 0.500. The second-order valence-corrected chi connectivity index (χ2v) is 7.33. The van der Waals surface area contributed by atoms with E-state index in [4.69, 9.17) is 9.47 Å². The van der Waals surface area contributed by atoms with E-state index in [1.165, 1.54) is 4.90 Å². The fourth-order valence-electron chi connectivity index (χ4n) is 2.34. The van der Waals surface area contributed by atoms with Gasteiger partial charge in [-0.3, -0.25) is 4.90 Å². The van der Waals surface area contributed by atoms with E-state index in [9.17, 15) is 14.7 Å². The first kappa shape index (κ1) is 17.6. The van der Waals surface area contributed by atoms with Crippen LogP contribution in [0.15, 0.2) is 28.7 Å². The molecule has 1 heterocycles. The van der Waals surface area contributed by atoms with Gasteiger partial charge in [0.25, 0.3) is 0 Å². The molecule has 1 aliphatic heterocycles. The summed E-state index contributed by atoms with van der Waals surface area (Å²) in [5, 5.41) is 9.34. The summed E-state index contributed by atoms with van der Waals surface area (Å²) < 4.78 is 12.0. The van der Waals surface area contributed by atoms with Crippen LogP contribution >= 0.6 is 15.9 Å². The van der Waals surface area contributed by atoms with E-state index in [-0.39, 0.29) is 19.1 Å². The Labute approximate surface area is 143 Å². The number of carboxylic acid groups (broad SMARTS) is 1. The second-order valence-electron chi connectivity index (χ2n) is 6.42. The maximum atomic E-state index is 12.2. The number of carboxylic acids is 1. The van der Waals surface area contributed by atoms with Crippen molar-refractivity contribution >= 4 is 28.0 Å². The standard InChI is InChI=1S/C16H20BrNO5/c1-16(2,3)23-15(21)18-9-12(8-13(18)14(19)20)22-11-6-4-10(17)5-7-11/h4-7,12-13H,8-9H2,1-3H3,(H,19,20)/t12-,13-/m1/s1. The number of nitrogens with zero attached hydrogens (tertiary/aromatic N) is 1. The minimum atomic E-state index is -1.06. The Morgan fingerprint density at radius 2 is 1.87 bits per heavy atom. The number of carbonyl (C=O) groups is 2. The molecule has 1 aromatic rings. The Balaban J connectivity index is 2.06. The third kappa shape index (κ3) is 4.86. The van der Waals surface area contributed by atoms with E-state index in [0.717, 1.165) is 4.47 Å². The number of likely N-dealkylation sites (tertiary alicyclic amines) is 1. The third-order valence-electron chi connectivity index (χ3n) is 3.29. The van der Waals surface area contributed by atoms with E-state index < -0.39 is 23.7 Å². The maximum Gasteiger partial charge on any atom is 0.411 e. The Hall–Kier alpha value is -1.76. The number of rotatable bonds is 3. The molecule has 0 aliphatic carbocycles. The number of halogens is 1. The lowest BCUT2D eigenvalue weighted by atomic mass is 10.2. The SMILES string of the molecule is CC(C)(C)OC(=O)N1C[C@H](Oc2ccc(Br)cc2)C[C@@H]1C(=O)O. The molecule has 0 bridgehead atoms. The first-order valence-electron chi connectivity index (χ1n) is 7.30. The third-order valence-corrected chi connectivity index (χ3v) is 3.82. The molecule has 6 nitrogen and oxygen atoms in total. The van der Waals surface area contributed by atoms with Gasteiger partial charge in [0.05, 0.1) is 6.54 Å². The molecule has 1 aromatic carbocycles. The number of amides is 1. The number of hydrogen-bond acceptors (Lipinski definition) is 4. The molecule has 1 fully saturated rings. The molecule has 1 aliphatic rings. The van der Waals surface area contributed by atoms with E-state index in [0.29, 0.717) is 5.75 Å². The largest absolute Gasteiger partial charge is 0.488 e. The number of ether oxygens (including phenoxy) is 2. The summed E-state index contributed by atoms with van der Waals surface area (Å²) in [6.07, 6.45) is -0.790. The van der Waals surface area contributed by atoms with Gasteiger partial charge in [-0.05, 0) is 45.0 Å². The van der Waals surface area contributed by atoms with Crippen molar-refractivity contribution in [2.75, 3.05) is 6.54 Å². The van der Waals surface area contributed by atoms with Gasteiger partial charge in [-0.15, -0.1) is 0 Å². The molecule has 0 aromatic heterocycles. The van der Waals surface area contributed by atoms with Gasteiger partial charge in [-0.2, -0.15) is 0 Å². The van der Waals surface area contributed by atoms with Crippen LogP contribution in [0.5, 0.6) is 5.75 Å². The van der Waals surface area contributed by atoms with Crippen molar-refractivity contribution in [2.45, 2.75) is 44.9 Å². The zero-order chi connectivity index (χ0) is 17.2.